The molecule has 9 nitrogen and oxygen atoms in total. The molecule has 0 aliphatic carbocycles. The van der Waals surface area contributed by atoms with E-state index >= 15 is 0 Å². The molecule has 1 saturated heterocycles. The molecule has 3 N–H and O–H groups in total. The number of fused-ring (bicyclic) bond motifs is 1. The van der Waals surface area contributed by atoms with E-state index in [1.165, 1.54) is 6.33 Å². The smallest absolute Gasteiger partial charge is 0.320 e. The van der Waals surface area contributed by atoms with E-state index in [9.17, 15) is 4.79 Å². The molecule has 2 heterocycles. The van der Waals surface area contributed by atoms with Crippen LogP contribution in [0.3, 0.4) is 0 Å². The molecule has 1 aromatic heterocycles. The molecule has 2 aromatic carbocycles. The highest BCUT2D eigenvalue weighted by Crippen LogP contribution is 2.31. The van der Waals surface area contributed by atoms with Gasteiger partial charge in [-0.15, -0.1) is 0 Å². The molecule has 0 amide bonds. The number of rotatable bonds is 12. The number of carbonyl (C=O) groups excluding carboxylic acids is 1. The Labute approximate surface area is 226 Å². The van der Waals surface area contributed by atoms with Crippen LogP contribution in [0.4, 0.5) is 17.2 Å². The lowest BCUT2D eigenvalue weighted by Gasteiger charge is -2.34. The van der Waals surface area contributed by atoms with Gasteiger partial charge in [0.1, 0.15) is 17.9 Å². The summed E-state index contributed by atoms with van der Waals surface area (Å²) in [6.45, 7) is 8.10. The fourth-order valence-corrected chi connectivity index (χ4v) is 4.63. The summed E-state index contributed by atoms with van der Waals surface area (Å²) >= 11 is 3.49. The van der Waals surface area contributed by atoms with Crippen LogP contribution in [-0.4, -0.2) is 78.2 Å². The number of carbonyl (C=O) groups is 1. The number of halogens is 1. The molecule has 198 valence electrons. The number of benzene rings is 2. The van der Waals surface area contributed by atoms with Gasteiger partial charge in [0.05, 0.1) is 31.0 Å². The maximum Gasteiger partial charge on any atom is 0.320 e. The molecule has 0 atom stereocenters. The molecule has 10 heteroatoms. The van der Waals surface area contributed by atoms with Crippen molar-refractivity contribution >= 4 is 50.0 Å². The first-order chi connectivity index (χ1) is 18.0. The quantitative estimate of drug-likeness (QED) is 0.185. The standard InChI is InChI=1S/C27H35BrN6O3/c1-2-3-13-37-26(35)18-34-11-9-33(10-12-34)8-5-14-36-25-17-24-22(16-23(25)29)27(31-19-30-24)32-21-7-4-6-20(28)15-21/h4,6-7,15-17,19H,2-3,5,8-14,18,29H2,1H3,(H,30,31,32). The number of nitrogens with zero attached hydrogens (tertiary/aromatic N) is 4. The molecule has 0 spiro atoms. The van der Waals surface area contributed by atoms with Gasteiger partial charge in [-0.3, -0.25) is 9.69 Å². The highest BCUT2D eigenvalue weighted by molar-refractivity contribution is 9.10. The zero-order chi connectivity index (χ0) is 26.0. The monoisotopic (exact) mass is 570 g/mol. The first-order valence-electron chi connectivity index (χ1n) is 12.8. The van der Waals surface area contributed by atoms with Gasteiger partial charge in [-0.05, 0) is 37.1 Å². The third kappa shape index (κ3) is 8.02. The van der Waals surface area contributed by atoms with Crippen molar-refractivity contribution in [2.75, 3.05) is 63.5 Å². The molecule has 0 radical (unpaired) electrons. The van der Waals surface area contributed by atoms with Crippen LogP contribution in [0.25, 0.3) is 10.9 Å². The Kier molecular flexibility index (Phi) is 9.92. The van der Waals surface area contributed by atoms with Crippen molar-refractivity contribution in [1.29, 1.82) is 0 Å². The van der Waals surface area contributed by atoms with E-state index in [0.717, 1.165) is 73.0 Å². The molecule has 0 unspecified atom stereocenters. The Morgan fingerprint density at radius 3 is 2.68 bits per heavy atom. The summed E-state index contributed by atoms with van der Waals surface area (Å²) in [6.07, 6.45) is 4.37. The minimum absolute atomic E-state index is 0.121. The van der Waals surface area contributed by atoms with Gasteiger partial charge in [0.2, 0.25) is 0 Å². The van der Waals surface area contributed by atoms with Crippen LogP contribution in [0.5, 0.6) is 5.75 Å². The van der Waals surface area contributed by atoms with E-state index in [0.29, 0.717) is 37.0 Å². The average molecular weight is 572 g/mol. The maximum atomic E-state index is 11.9. The Morgan fingerprint density at radius 2 is 1.89 bits per heavy atom. The first-order valence-corrected chi connectivity index (χ1v) is 13.6. The Balaban J connectivity index is 1.23. The van der Waals surface area contributed by atoms with Crippen molar-refractivity contribution in [3.8, 4) is 5.75 Å². The molecule has 0 bridgehead atoms. The van der Waals surface area contributed by atoms with Crippen LogP contribution in [0.2, 0.25) is 0 Å². The van der Waals surface area contributed by atoms with Gasteiger partial charge in [-0.1, -0.05) is 35.3 Å². The van der Waals surface area contributed by atoms with Gasteiger partial charge < -0.3 is 25.4 Å². The summed E-state index contributed by atoms with van der Waals surface area (Å²) in [5.41, 5.74) is 8.56. The minimum atomic E-state index is -0.121. The maximum absolute atomic E-state index is 11.9. The number of nitrogens with two attached hydrogens (primary N) is 1. The summed E-state index contributed by atoms with van der Waals surface area (Å²) in [6, 6.07) is 11.6. The number of esters is 1. The number of ether oxygens (including phenoxy) is 2. The lowest BCUT2D eigenvalue weighted by atomic mass is 10.2. The van der Waals surface area contributed by atoms with Crippen LogP contribution in [0, 0.1) is 0 Å². The van der Waals surface area contributed by atoms with Crippen LogP contribution in [-0.2, 0) is 9.53 Å². The molecule has 1 fully saturated rings. The number of nitrogen functional groups attached to an aromatic ring is 1. The van der Waals surface area contributed by atoms with E-state index in [1.807, 2.05) is 36.4 Å². The van der Waals surface area contributed by atoms with Gasteiger partial charge in [-0.25, -0.2) is 9.97 Å². The second kappa shape index (κ2) is 13.6. The topological polar surface area (TPSA) is 106 Å². The van der Waals surface area contributed by atoms with Gasteiger partial charge in [0.15, 0.2) is 0 Å². The molecule has 1 aliphatic rings. The van der Waals surface area contributed by atoms with Crippen molar-refractivity contribution in [2.45, 2.75) is 26.2 Å². The summed E-state index contributed by atoms with van der Waals surface area (Å²) in [7, 11) is 0. The number of hydrogen-bond acceptors (Lipinski definition) is 9. The fourth-order valence-electron chi connectivity index (χ4n) is 4.23. The van der Waals surface area contributed by atoms with Crippen molar-refractivity contribution in [1.82, 2.24) is 19.8 Å². The van der Waals surface area contributed by atoms with Crippen molar-refractivity contribution in [3.05, 3.63) is 47.2 Å². The number of unbranched alkanes of at least 4 members (excludes halogenated alkanes) is 1. The number of aromatic nitrogens is 2. The SMILES string of the molecule is CCCCOC(=O)CN1CCN(CCCOc2cc3ncnc(Nc4cccc(Br)c4)c3cc2N)CC1. The molecule has 4 rings (SSSR count). The van der Waals surface area contributed by atoms with E-state index in [1.54, 1.807) is 0 Å². The molecule has 3 aromatic rings. The summed E-state index contributed by atoms with van der Waals surface area (Å²) in [5.74, 6) is 1.20. The summed E-state index contributed by atoms with van der Waals surface area (Å²) in [4.78, 5) is 25.3. The predicted molar refractivity (Wildman–Crippen MR) is 150 cm³/mol. The van der Waals surface area contributed by atoms with Gasteiger partial charge >= 0.3 is 5.97 Å². The second-order valence-corrected chi connectivity index (χ2v) is 10.1. The van der Waals surface area contributed by atoms with Crippen LogP contribution >= 0.6 is 15.9 Å². The predicted octanol–water partition coefficient (Wildman–Crippen LogP) is 4.45. The Morgan fingerprint density at radius 1 is 1.08 bits per heavy atom. The van der Waals surface area contributed by atoms with Gasteiger partial charge in [0, 0.05) is 54.3 Å². The van der Waals surface area contributed by atoms with Crippen molar-refractivity contribution < 1.29 is 14.3 Å². The van der Waals surface area contributed by atoms with Gasteiger partial charge in [-0.2, -0.15) is 0 Å². The molecule has 37 heavy (non-hydrogen) atoms. The minimum Gasteiger partial charge on any atom is -0.491 e. The lowest BCUT2D eigenvalue weighted by molar-refractivity contribution is -0.145. The zero-order valence-electron chi connectivity index (χ0n) is 21.3. The highest BCUT2D eigenvalue weighted by atomic mass is 79.9. The summed E-state index contributed by atoms with van der Waals surface area (Å²) < 4.78 is 12.3. The van der Waals surface area contributed by atoms with E-state index in [4.69, 9.17) is 15.2 Å². The highest BCUT2D eigenvalue weighted by Gasteiger charge is 2.19. The number of hydrogen-bond donors (Lipinski definition) is 2. The van der Waals surface area contributed by atoms with Crippen molar-refractivity contribution in [3.63, 3.8) is 0 Å². The largest absolute Gasteiger partial charge is 0.491 e. The second-order valence-electron chi connectivity index (χ2n) is 9.16. The summed E-state index contributed by atoms with van der Waals surface area (Å²) in [5, 5.41) is 4.17. The van der Waals surface area contributed by atoms with Crippen LogP contribution in [0.1, 0.15) is 26.2 Å². The number of piperazine rings is 1. The van der Waals surface area contributed by atoms with E-state index in [-0.39, 0.29) is 5.97 Å². The Bertz CT molecular complexity index is 1190. The third-order valence-corrected chi connectivity index (χ3v) is 6.80. The normalized spacial score (nSPS) is 14.5. The van der Waals surface area contributed by atoms with E-state index < -0.39 is 0 Å². The first kappa shape index (κ1) is 27.1. The van der Waals surface area contributed by atoms with Crippen LogP contribution in [0.15, 0.2) is 47.2 Å². The van der Waals surface area contributed by atoms with Crippen LogP contribution < -0.4 is 15.8 Å². The third-order valence-electron chi connectivity index (χ3n) is 6.31. The Hall–Kier alpha value is -2.95. The molecule has 1 aliphatic heterocycles. The van der Waals surface area contributed by atoms with Gasteiger partial charge in [0.25, 0.3) is 0 Å². The number of anilines is 3. The van der Waals surface area contributed by atoms with E-state index in [2.05, 4.69) is 47.9 Å². The lowest BCUT2D eigenvalue weighted by Crippen LogP contribution is -2.48. The molecule has 0 saturated carbocycles. The zero-order valence-corrected chi connectivity index (χ0v) is 22.9. The molecular formula is C27H35BrN6O3. The average Bonchev–Trinajstić information content (AvgIpc) is 2.88. The number of nitrogens with one attached hydrogen (secondary N) is 1. The van der Waals surface area contributed by atoms with Crippen molar-refractivity contribution in [2.24, 2.45) is 0 Å². The molecular weight excluding hydrogens is 536 g/mol. The fraction of sp³-hybridized carbons (Fsp3) is 0.444.